The van der Waals surface area contributed by atoms with Gasteiger partial charge in [0, 0.05) is 42.9 Å². The van der Waals surface area contributed by atoms with E-state index in [9.17, 15) is 14.9 Å². The van der Waals surface area contributed by atoms with Gasteiger partial charge in [-0.15, -0.1) is 0 Å². The lowest BCUT2D eigenvalue weighted by molar-refractivity contribution is -0.385. The second-order valence-corrected chi connectivity index (χ2v) is 7.82. The molecule has 0 saturated carbocycles. The summed E-state index contributed by atoms with van der Waals surface area (Å²) in [6, 6.07) is 12.1. The second-order valence-electron chi connectivity index (χ2n) is 6.60. The molecule has 1 amide bonds. The molecule has 0 radical (unpaired) electrons. The topological polar surface area (TPSA) is 84.7 Å². The maximum atomic E-state index is 12.3. The minimum atomic E-state index is -0.528. The van der Waals surface area contributed by atoms with Crippen molar-refractivity contribution >= 4 is 29.0 Å². The fourth-order valence-corrected chi connectivity index (χ4v) is 3.96. The third kappa shape index (κ3) is 5.46. The van der Waals surface area contributed by atoms with E-state index in [2.05, 4.69) is 16.3 Å². The van der Waals surface area contributed by atoms with Crippen LogP contribution in [-0.4, -0.2) is 46.9 Å². The number of amides is 1. The highest BCUT2D eigenvalue weighted by Gasteiger charge is 2.16. The van der Waals surface area contributed by atoms with Gasteiger partial charge >= 0.3 is 5.69 Å². The molecule has 2 aromatic rings. The van der Waals surface area contributed by atoms with Crippen molar-refractivity contribution < 1.29 is 14.5 Å². The van der Waals surface area contributed by atoms with Crippen LogP contribution in [0.5, 0.6) is 5.75 Å². The summed E-state index contributed by atoms with van der Waals surface area (Å²) in [4.78, 5) is 25.2. The molecule has 1 aliphatic rings. The summed E-state index contributed by atoms with van der Waals surface area (Å²) in [5.74, 6) is 2.03. The van der Waals surface area contributed by atoms with Crippen molar-refractivity contribution in [2.24, 2.45) is 0 Å². The third-order valence-electron chi connectivity index (χ3n) is 4.51. The smallest absolute Gasteiger partial charge is 0.310 e. The Bertz CT molecular complexity index is 853. The quantitative estimate of drug-likeness (QED) is 0.565. The third-order valence-corrected chi connectivity index (χ3v) is 5.45. The molecule has 7 nitrogen and oxygen atoms in total. The molecule has 1 saturated heterocycles. The second kappa shape index (κ2) is 9.57. The fourth-order valence-electron chi connectivity index (χ4n) is 2.98. The molecule has 0 aliphatic carbocycles. The Kier molecular flexibility index (Phi) is 6.89. The number of benzene rings is 2. The molecule has 0 atom stereocenters. The Labute approximate surface area is 168 Å². The first-order valence-corrected chi connectivity index (χ1v) is 10.2. The first kappa shape index (κ1) is 20.2. The van der Waals surface area contributed by atoms with Gasteiger partial charge in [-0.1, -0.05) is 24.3 Å². The molecule has 1 N–H and O–H groups in total. The van der Waals surface area contributed by atoms with Crippen LogP contribution in [0.15, 0.2) is 42.5 Å². The van der Waals surface area contributed by atoms with Crippen LogP contribution in [-0.2, 0) is 11.3 Å². The molecule has 1 heterocycles. The molecule has 8 heteroatoms. The number of rotatable bonds is 7. The highest BCUT2D eigenvalue weighted by molar-refractivity contribution is 7.99. The van der Waals surface area contributed by atoms with E-state index < -0.39 is 4.92 Å². The molecule has 0 spiro atoms. The maximum Gasteiger partial charge on any atom is 0.310 e. The summed E-state index contributed by atoms with van der Waals surface area (Å²) in [6.07, 6.45) is 0. The van der Waals surface area contributed by atoms with E-state index in [-0.39, 0.29) is 24.0 Å². The average molecular weight is 401 g/mol. The molecule has 148 valence electrons. The van der Waals surface area contributed by atoms with Gasteiger partial charge in [-0.3, -0.25) is 19.8 Å². The van der Waals surface area contributed by atoms with Crippen LogP contribution >= 0.6 is 11.8 Å². The SMILES string of the molecule is Cc1ccc(CN2CCSCC2)cc1NC(=O)COc1ccccc1[N+](=O)[O-]. The van der Waals surface area contributed by atoms with E-state index in [1.165, 1.54) is 12.1 Å². The van der Waals surface area contributed by atoms with Gasteiger partial charge in [0.1, 0.15) is 0 Å². The lowest BCUT2D eigenvalue weighted by atomic mass is 10.1. The molecule has 2 aromatic carbocycles. The predicted octanol–water partition coefficient (Wildman–Crippen LogP) is 3.47. The molecule has 0 aromatic heterocycles. The highest BCUT2D eigenvalue weighted by Crippen LogP contribution is 2.26. The van der Waals surface area contributed by atoms with Crippen molar-refractivity contribution in [3.05, 3.63) is 63.7 Å². The molecule has 1 fully saturated rings. The predicted molar refractivity (Wildman–Crippen MR) is 111 cm³/mol. The number of nitro benzene ring substituents is 1. The van der Waals surface area contributed by atoms with E-state index in [0.717, 1.165) is 48.0 Å². The number of carbonyl (C=O) groups excluding carboxylic acids is 1. The standard InChI is InChI=1S/C20H23N3O4S/c1-15-6-7-16(13-22-8-10-28-11-9-22)12-17(15)21-20(24)14-27-19-5-3-2-4-18(19)23(25)26/h2-7,12H,8-11,13-14H2,1H3,(H,21,24). The number of hydrogen-bond donors (Lipinski definition) is 1. The van der Waals surface area contributed by atoms with Crippen molar-refractivity contribution in [2.75, 3.05) is 36.5 Å². The van der Waals surface area contributed by atoms with E-state index in [1.54, 1.807) is 12.1 Å². The minimum absolute atomic E-state index is 0.0797. The zero-order chi connectivity index (χ0) is 19.9. The Balaban J connectivity index is 1.60. The minimum Gasteiger partial charge on any atom is -0.477 e. The van der Waals surface area contributed by atoms with Crippen molar-refractivity contribution in [2.45, 2.75) is 13.5 Å². The molecular formula is C20H23N3O4S. The van der Waals surface area contributed by atoms with Crippen molar-refractivity contribution in [1.82, 2.24) is 4.90 Å². The van der Waals surface area contributed by atoms with Gasteiger partial charge in [0.05, 0.1) is 4.92 Å². The van der Waals surface area contributed by atoms with Gasteiger partial charge < -0.3 is 10.1 Å². The Morgan fingerprint density at radius 3 is 2.75 bits per heavy atom. The Morgan fingerprint density at radius 2 is 2.00 bits per heavy atom. The van der Waals surface area contributed by atoms with Gasteiger partial charge in [0.25, 0.3) is 5.91 Å². The number of carbonyl (C=O) groups is 1. The summed E-state index contributed by atoms with van der Waals surface area (Å²) in [5.41, 5.74) is 2.68. The van der Waals surface area contributed by atoms with Crippen LogP contribution in [0, 0.1) is 17.0 Å². The van der Waals surface area contributed by atoms with Crippen LogP contribution in [0.1, 0.15) is 11.1 Å². The normalized spacial score (nSPS) is 14.5. The summed E-state index contributed by atoms with van der Waals surface area (Å²) < 4.78 is 5.36. The van der Waals surface area contributed by atoms with Gasteiger partial charge in [-0.25, -0.2) is 0 Å². The molecule has 28 heavy (non-hydrogen) atoms. The first-order chi connectivity index (χ1) is 13.5. The number of anilines is 1. The van der Waals surface area contributed by atoms with Crippen LogP contribution in [0.4, 0.5) is 11.4 Å². The fraction of sp³-hybridized carbons (Fsp3) is 0.350. The van der Waals surface area contributed by atoms with Gasteiger partial charge in [-0.05, 0) is 30.2 Å². The van der Waals surface area contributed by atoms with Crippen molar-refractivity contribution in [3.8, 4) is 5.75 Å². The molecule has 3 rings (SSSR count). The van der Waals surface area contributed by atoms with Gasteiger partial charge in [-0.2, -0.15) is 11.8 Å². The number of thioether (sulfide) groups is 1. The summed E-state index contributed by atoms with van der Waals surface area (Å²) in [7, 11) is 0. The molecule has 1 aliphatic heterocycles. The van der Waals surface area contributed by atoms with Crippen molar-refractivity contribution in [3.63, 3.8) is 0 Å². The lowest BCUT2D eigenvalue weighted by Crippen LogP contribution is -2.32. The van der Waals surface area contributed by atoms with E-state index in [0.29, 0.717) is 0 Å². The van der Waals surface area contributed by atoms with Crippen LogP contribution in [0.25, 0.3) is 0 Å². The molecular weight excluding hydrogens is 378 g/mol. The largest absolute Gasteiger partial charge is 0.477 e. The lowest BCUT2D eigenvalue weighted by Gasteiger charge is -2.26. The van der Waals surface area contributed by atoms with Gasteiger partial charge in [0.2, 0.25) is 0 Å². The summed E-state index contributed by atoms with van der Waals surface area (Å²) >= 11 is 1.97. The number of para-hydroxylation sites is 2. The van der Waals surface area contributed by atoms with Gasteiger partial charge in [0.15, 0.2) is 12.4 Å². The van der Waals surface area contributed by atoms with Crippen LogP contribution in [0.3, 0.4) is 0 Å². The number of ether oxygens (including phenoxy) is 1. The van der Waals surface area contributed by atoms with E-state index in [4.69, 9.17) is 4.74 Å². The number of nitro groups is 1. The zero-order valence-electron chi connectivity index (χ0n) is 15.7. The Hall–Kier alpha value is -2.58. The Morgan fingerprint density at radius 1 is 1.25 bits per heavy atom. The monoisotopic (exact) mass is 401 g/mol. The number of nitrogens with one attached hydrogen (secondary N) is 1. The number of hydrogen-bond acceptors (Lipinski definition) is 6. The molecule has 0 unspecified atom stereocenters. The average Bonchev–Trinajstić information content (AvgIpc) is 2.70. The first-order valence-electron chi connectivity index (χ1n) is 9.08. The number of nitrogens with zero attached hydrogens (tertiary/aromatic N) is 2. The van der Waals surface area contributed by atoms with E-state index >= 15 is 0 Å². The zero-order valence-corrected chi connectivity index (χ0v) is 16.5. The van der Waals surface area contributed by atoms with Crippen LogP contribution in [0.2, 0.25) is 0 Å². The number of aryl methyl sites for hydroxylation is 1. The van der Waals surface area contributed by atoms with E-state index in [1.807, 2.05) is 30.8 Å². The van der Waals surface area contributed by atoms with Crippen molar-refractivity contribution in [1.29, 1.82) is 0 Å². The highest BCUT2D eigenvalue weighted by atomic mass is 32.2. The summed E-state index contributed by atoms with van der Waals surface area (Å²) in [5, 5.41) is 13.9. The molecule has 0 bridgehead atoms. The van der Waals surface area contributed by atoms with Crippen LogP contribution < -0.4 is 10.1 Å². The maximum absolute atomic E-state index is 12.3. The summed E-state index contributed by atoms with van der Waals surface area (Å²) in [6.45, 7) is 4.64.